The van der Waals surface area contributed by atoms with Crippen molar-refractivity contribution in [2.45, 2.75) is 45.2 Å². The molecule has 1 aromatic carbocycles. The minimum absolute atomic E-state index is 0.109. The van der Waals surface area contributed by atoms with Gasteiger partial charge in [-0.2, -0.15) is 0 Å². The smallest absolute Gasteiger partial charge is 0.254 e. The van der Waals surface area contributed by atoms with Gasteiger partial charge in [0.2, 0.25) is 0 Å². The molecule has 2 unspecified atom stereocenters. The number of nitrogens with zero attached hydrogens (tertiary/aromatic N) is 2. The standard InChI is InChI=1S/C21H29N5O/c1-14(2)18-13-19(25-24-18)15-7-11-26(12-8-15)21(27)17-6-4-3-5-16(17)20-22-9-10-23-20/h3-6,9-10,14-15,18-19,24-25H,7-8,11-13H2,1-2H3,(H,22,23). The van der Waals surface area contributed by atoms with Gasteiger partial charge in [-0.05, 0) is 37.2 Å². The molecule has 2 atom stereocenters. The molecule has 0 radical (unpaired) electrons. The number of aromatic nitrogens is 2. The van der Waals surface area contributed by atoms with Gasteiger partial charge < -0.3 is 9.88 Å². The Labute approximate surface area is 160 Å². The van der Waals surface area contributed by atoms with Crippen LogP contribution in [0.25, 0.3) is 11.4 Å². The second-order valence-electron chi connectivity index (χ2n) is 8.09. The largest absolute Gasteiger partial charge is 0.345 e. The number of hydrogen-bond donors (Lipinski definition) is 3. The molecule has 4 rings (SSSR count). The fraction of sp³-hybridized carbons (Fsp3) is 0.524. The molecular weight excluding hydrogens is 338 g/mol. The lowest BCUT2D eigenvalue weighted by Gasteiger charge is -2.35. The van der Waals surface area contributed by atoms with Crippen molar-refractivity contribution in [2.75, 3.05) is 13.1 Å². The van der Waals surface area contributed by atoms with Gasteiger partial charge in [-0.15, -0.1) is 0 Å². The van der Waals surface area contributed by atoms with Crippen molar-refractivity contribution < 1.29 is 4.79 Å². The van der Waals surface area contributed by atoms with Crippen LogP contribution in [-0.4, -0.2) is 45.9 Å². The molecule has 6 nitrogen and oxygen atoms in total. The minimum atomic E-state index is 0.109. The number of rotatable bonds is 4. The van der Waals surface area contributed by atoms with Gasteiger partial charge in [-0.3, -0.25) is 15.6 Å². The summed E-state index contributed by atoms with van der Waals surface area (Å²) in [5, 5.41) is 0. The maximum absolute atomic E-state index is 13.1. The summed E-state index contributed by atoms with van der Waals surface area (Å²) in [5.74, 6) is 2.13. The number of carbonyl (C=O) groups excluding carboxylic acids is 1. The Balaban J connectivity index is 1.40. The first-order valence-electron chi connectivity index (χ1n) is 10.0. The number of piperidine rings is 1. The summed E-state index contributed by atoms with van der Waals surface area (Å²) >= 11 is 0. The predicted octanol–water partition coefficient (Wildman–Crippen LogP) is 2.82. The van der Waals surface area contributed by atoms with E-state index in [2.05, 4.69) is 34.7 Å². The first-order chi connectivity index (χ1) is 13.1. The number of H-pyrrole nitrogens is 1. The SMILES string of the molecule is CC(C)C1CC(C2CCN(C(=O)c3ccccc3-c3ncc[nH]3)CC2)NN1. The van der Waals surface area contributed by atoms with E-state index in [1.165, 1.54) is 6.42 Å². The van der Waals surface area contributed by atoms with Gasteiger partial charge >= 0.3 is 0 Å². The highest BCUT2D eigenvalue weighted by Gasteiger charge is 2.34. The maximum Gasteiger partial charge on any atom is 0.254 e. The van der Waals surface area contributed by atoms with Crippen LogP contribution >= 0.6 is 0 Å². The normalized spacial score (nSPS) is 23.9. The molecule has 2 fully saturated rings. The molecule has 1 amide bonds. The van der Waals surface area contributed by atoms with Crippen molar-refractivity contribution in [3.8, 4) is 11.4 Å². The Kier molecular flexibility index (Phi) is 5.27. The fourth-order valence-electron chi connectivity index (χ4n) is 4.32. The second-order valence-corrected chi connectivity index (χ2v) is 8.09. The van der Waals surface area contributed by atoms with Crippen LogP contribution in [-0.2, 0) is 0 Å². The van der Waals surface area contributed by atoms with Gasteiger partial charge in [0.1, 0.15) is 5.82 Å². The summed E-state index contributed by atoms with van der Waals surface area (Å²) in [6, 6.07) is 8.80. The average Bonchev–Trinajstić information content (AvgIpc) is 3.40. The third kappa shape index (κ3) is 3.77. The van der Waals surface area contributed by atoms with Crippen LogP contribution in [0.2, 0.25) is 0 Å². The maximum atomic E-state index is 13.1. The van der Waals surface area contributed by atoms with Crippen molar-refractivity contribution in [2.24, 2.45) is 11.8 Å². The molecule has 6 heteroatoms. The van der Waals surface area contributed by atoms with Gasteiger partial charge in [0.15, 0.2) is 0 Å². The molecule has 0 aliphatic carbocycles. The highest BCUT2D eigenvalue weighted by atomic mass is 16.2. The Morgan fingerprint density at radius 1 is 1.19 bits per heavy atom. The molecule has 2 saturated heterocycles. The summed E-state index contributed by atoms with van der Waals surface area (Å²) in [5.41, 5.74) is 8.54. The Bertz CT molecular complexity index is 765. The summed E-state index contributed by atoms with van der Waals surface area (Å²) in [7, 11) is 0. The van der Waals surface area contributed by atoms with E-state index in [4.69, 9.17) is 0 Å². The van der Waals surface area contributed by atoms with Crippen LogP contribution in [0.3, 0.4) is 0 Å². The van der Waals surface area contributed by atoms with Crippen molar-refractivity contribution in [3.63, 3.8) is 0 Å². The van der Waals surface area contributed by atoms with E-state index in [1.54, 1.807) is 12.4 Å². The zero-order valence-electron chi connectivity index (χ0n) is 16.1. The molecule has 0 spiro atoms. The molecule has 2 aliphatic rings. The topological polar surface area (TPSA) is 73.0 Å². The molecule has 3 heterocycles. The Morgan fingerprint density at radius 2 is 1.96 bits per heavy atom. The number of carbonyl (C=O) groups is 1. The van der Waals surface area contributed by atoms with E-state index in [9.17, 15) is 4.79 Å². The lowest BCUT2D eigenvalue weighted by Crippen LogP contribution is -2.44. The monoisotopic (exact) mass is 367 g/mol. The van der Waals surface area contributed by atoms with Crippen LogP contribution in [0, 0.1) is 11.8 Å². The first kappa shape index (κ1) is 18.2. The molecule has 3 N–H and O–H groups in total. The third-order valence-electron chi connectivity index (χ3n) is 6.07. The highest BCUT2D eigenvalue weighted by molar-refractivity contribution is 6.00. The summed E-state index contributed by atoms with van der Waals surface area (Å²) < 4.78 is 0. The van der Waals surface area contributed by atoms with E-state index < -0.39 is 0 Å². The zero-order chi connectivity index (χ0) is 18.8. The number of hydrazine groups is 1. The molecule has 2 aliphatic heterocycles. The number of amides is 1. The van der Waals surface area contributed by atoms with Crippen LogP contribution in [0.5, 0.6) is 0 Å². The number of likely N-dealkylation sites (tertiary alicyclic amines) is 1. The van der Waals surface area contributed by atoms with Crippen molar-refractivity contribution in [1.82, 2.24) is 25.7 Å². The van der Waals surface area contributed by atoms with E-state index >= 15 is 0 Å². The molecule has 0 bridgehead atoms. The highest BCUT2D eigenvalue weighted by Crippen LogP contribution is 2.29. The van der Waals surface area contributed by atoms with Gasteiger partial charge in [-0.1, -0.05) is 32.0 Å². The third-order valence-corrected chi connectivity index (χ3v) is 6.07. The average molecular weight is 367 g/mol. The van der Waals surface area contributed by atoms with E-state index in [0.717, 1.165) is 42.9 Å². The fourth-order valence-corrected chi connectivity index (χ4v) is 4.32. The summed E-state index contributed by atoms with van der Waals surface area (Å²) in [4.78, 5) is 22.6. The van der Waals surface area contributed by atoms with E-state index in [0.29, 0.717) is 23.9 Å². The quantitative estimate of drug-likeness (QED) is 0.777. The van der Waals surface area contributed by atoms with Crippen LogP contribution in [0.4, 0.5) is 0 Å². The number of hydrogen-bond acceptors (Lipinski definition) is 4. The van der Waals surface area contributed by atoms with Crippen molar-refractivity contribution in [3.05, 3.63) is 42.2 Å². The molecule has 144 valence electrons. The predicted molar refractivity (Wildman–Crippen MR) is 106 cm³/mol. The summed E-state index contributed by atoms with van der Waals surface area (Å²) in [6.07, 6.45) is 6.79. The Morgan fingerprint density at radius 3 is 2.63 bits per heavy atom. The van der Waals surface area contributed by atoms with Gasteiger partial charge in [-0.25, -0.2) is 4.98 Å². The van der Waals surface area contributed by atoms with Gasteiger partial charge in [0, 0.05) is 43.1 Å². The minimum Gasteiger partial charge on any atom is -0.345 e. The van der Waals surface area contributed by atoms with Crippen molar-refractivity contribution in [1.29, 1.82) is 0 Å². The molecule has 2 aromatic rings. The van der Waals surface area contributed by atoms with Crippen LogP contribution in [0.15, 0.2) is 36.7 Å². The van der Waals surface area contributed by atoms with E-state index in [-0.39, 0.29) is 5.91 Å². The molecular formula is C21H29N5O. The van der Waals surface area contributed by atoms with Gasteiger partial charge in [0.25, 0.3) is 5.91 Å². The summed E-state index contributed by atoms with van der Waals surface area (Å²) in [6.45, 7) is 6.17. The number of imidazole rings is 1. The van der Waals surface area contributed by atoms with Crippen molar-refractivity contribution >= 4 is 5.91 Å². The lowest BCUT2D eigenvalue weighted by atomic mass is 9.85. The number of aromatic amines is 1. The van der Waals surface area contributed by atoms with Gasteiger partial charge in [0.05, 0.1) is 5.56 Å². The lowest BCUT2D eigenvalue weighted by molar-refractivity contribution is 0.0673. The molecule has 27 heavy (non-hydrogen) atoms. The zero-order valence-corrected chi connectivity index (χ0v) is 16.1. The first-order valence-corrected chi connectivity index (χ1v) is 10.0. The number of benzene rings is 1. The molecule has 0 saturated carbocycles. The van der Waals surface area contributed by atoms with Crippen LogP contribution < -0.4 is 10.9 Å². The van der Waals surface area contributed by atoms with Crippen LogP contribution in [0.1, 0.15) is 43.5 Å². The molecule has 1 aromatic heterocycles. The van der Waals surface area contributed by atoms with E-state index in [1.807, 2.05) is 29.2 Å². The Hall–Kier alpha value is -2.18. The second kappa shape index (κ2) is 7.82. The number of nitrogens with one attached hydrogen (secondary N) is 3.